The number of para-hydroxylation sites is 1. The summed E-state index contributed by atoms with van der Waals surface area (Å²) in [6.45, 7) is 0. The lowest BCUT2D eigenvalue weighted by Crippen LogP contribution is -2.13. The van der Waals surface area contributed by atoms with E-state index in [0.717, 1.165) is 28.9 Å². The van der Waals surface area contributed by atoms with Crippen LogP contribution in [0.25, 0.3) is 28.5 Å². The minimum Gasteiger partial charge on any atom is -0.335 e. The number of nitrogens with two attached hydrogens (primary N) is 1. The molecule has 166 valence electrons. The highest BCUT2D eigenvalue weighted by atomic mass is 32.2. The summed E-state index contributed by atoms with van der Waals surface area (Å²) in [6, 6.07) is 27.6. The van der Waals surface area contributed by atoms with Crippen molar-refractivity contribution in [2.24, 2.45) is 0 Å². The third kappa shape index (κ3) is 3.39. The second kappa shape index (κ2) is 8.31. The maximum absolute atomic E-state index is 12.5. The van der Waals surface area contributed by atoms with E-state index in [0.29, 0.717) is 22.2 Å². The van der Waals surface area contributed by atoms with Crippen molar-refractivity contribution in [1.82, 2.24) is 24.7 Å². The third-order valence-corrected chi connectivity index (χ3v) is 6.87. The second-order valence-corrected chi connectivity index (χ2v) is 8.95. The highest BCUT2D eigenvalue weighted by Gasteiger charge is 2.31. The molecule has 0 saturated heterocycles. The molecule has 0 amide bonds. The van der Waals surface area contributed by atoms with Crippen LogP contribution >= 0.6 is 11.8 Å². The Kier molecular flexibility index (Phi) is 5.00. The topological polar surface area (TPSA) is 91.6 Å². The van der Waals surface area contributed by atoms with E-state index in [2.05, 4.69) is 28.4 Å². The van der Waals surface area contributed by atoms with Crippen LogP contribution in [-0.4, -0.2) is 36.2 Å². The molecule has 5 aromatic rings. The predicted molar refractivity (Wildman–Crippen MR) is 132 cm³/mol. The number of aromatic nitrogens is 5. The number of hydrogen-bond acceptors (Lipinski definition) is 6. The van der Waals surface area contributed by atoms with Crippen LogP contribution in [0.4, 0.5) is 0 Å². The van der Waals surface area contributed by atoms with E-state index in [-0.39, 0.29) is 11.5 Å². The first kappa shape index (κ1) is 20.4. The smallest absolute Gasteiger partial charge is 0.210 e. The quantitative estimate of drug-likeness (QED) is 0.223. The molecule has 1 aliphatic carbocycles. The molecule has 2 aromatic heterocycles. The van der Waals surface area contributed by atoms with Gasteiger partial charge in [0.15, 0.2) is 5.78 Å². The zero-order valence-electron chi connectivity index (χ0n) is 18.1. The lowest BCUT2D eigenvalue weighted by atomic mass is 10.1. The molecule has 2 heterocycles. The van der Waals surface area contributed by atoms with Gasteiger partial charge in [-0.05, 0) is 17.7 Å². The molecule has 2 N–H and O–H groups in total. The molecule has 7 nitrogen and oxygen atoms in total. The molecule has 0 aliphatic heterocycles. The van der Waals surface area contributed by atoms with Crippen molar-refractivity contribution in [3.05, 3.63) is 102 Å². The van der Waals surface area contributed by atoms with Crippen molar-refractivity contribution in [3.8, 4) is 28.5 Å². The molecular weight excluding hydrogens is 444 g/mol. The Morgan fingerprint density at radius 3 is 2.41 bits per heavy atom. The van der Waals surface area contributed by atoms with Crippen molar-refractivity contribution in [3.63, 3.8) is 0 Å². The zero-order valence-corrected chi connectivity index (χ0v) is 18.9. The van der Waals surface area contributed by atoms with Crippen LogP contribution in [0.2, 0.25) is 0 Å². The number of hydrogen-bond donors (Lipinski definition) is 1. The number of benzene rings is 3. The third-order valence-electron chi connectivity index (χ3n) is 5.93. The van der Waals surface area contributed by atoms with E-state index in [9.17, 15) is 4.79 Å². The van der Waals surface area contributed by atoms with Crippen LogP contribution in [0.5, 0.6) is 0 Å². The second-order valence-electron chi connectivity index (χ2n) is 8.01. The van der Waals surface area contributed by atoms with Gasteiger partial charge in [-0.2, -0.15) is 5.10 Å². The lowest BCUT2D eigenvalue weighted by molar-refractivity contribution is 0.102. The number of nitrogen functional groups attached to an aromatic ring is 1. The fourth-order valence-electron chi connectivity index (χ4n) is 4.30. The van der Waals surface area contributed by atoms with E-state index >= 15 is 0 Å². The molecule has 0 radical (unpaired) electrons. The molecule has 8 heteroatoms. The van der Waals surface area contributed by atoms with Gasteiger partial charge in [0.25, 0.3) is 0 Å². The molecule has 0 saturated carbocycles. The van der Waals surface area contributed by atoms with Crippen LogP contribution in [-0.2, 0) is 6.42 Å². The Labute approximate surface area is 200 Å². The van der Waals surface area contributed by atoms with Crippen molar-refractivity contribution in [1.29, 1.82) is 0 Å². The highest BCUT2D eigenvalue weighted by molar-refractivity contribution is 7.99. The van der Waals surface area contributed by atoms with Gasteiger partial charge in [-0.15, -0.1) is 10.2 Å². The van der Waals surface area contributed by atoms with Gasteiger partial charge in [0, 0.05) is 23.1 Å². The van der Waals surface area contributed by atoms with E-state index in [1.54, 1.807) is 12.1 Å². The Morgan fingerprint density at radius 1 is 0.912 bits per heavy atom. The van der Waals surface area contributed by atoms with Crippen molar-refractivity contribution < 1.29 is 4.79 Å². The van der Waals surface area contributed by atoms with Gasteiger partial charge in [0.05, 0.1) is 17.1 Å². The minimum atomic E-state index is 0.0137. The summed E-state index contributed by atoms with van der Waals surface area (Å²) in [4.78, 5) is 12.5. The standard InChI is InChI=1S/C26H20N6OS/c27-31-25(28-29-26(31)34-16-22(33)17-9-3-1-4-10-17)23-21-15-18-11-7-8-14-20(18)24(21)32(30-23)19-12-5-2-6-13-19/h1-14H,15-16,27H2. The zero-order chi connectivity index (χ0) is 23.1. The number of carbonyl (C=O) groups excluding carboxylic acids is 1. The largest absolute Gasteiger partial charge is 0.335 e. The van der Waals surface area contributed by atoms with Crippen LogP contribution in [0.1, 0.15) is 21.5 Å². The molecular formula is C26H20N6OS. The Hall–Kier alpha value is -4.17. The van der Waals surface area contributed by atoms with E-state index in [1.807, 2.05) is 59.3 Å². The molecule has 0 atom stereocenters. The minimum absolute atomic E-state index is 0.0137. The summed E-state index contributed by atoms with van der Waals surface area (Å²) in [5, 5.41) is 14.0. The molecule has 0 spiro atoms. The van der Waals surface area contributed by atoms with Gasteiger partial charge in [-0.1, -0.05) is 84.6 Å². The number of carbonyl (C=O) groups is 1. The maximum atomic E-state index is 12.5. The number of nitrogens with zero attached hydrogens (tertiary/aromatic N) is 5. The van der Waals surface area contributed by atoms with Gasteiger partial charge in [-0.3, -0.25) is 4.79 Å². The fourth-order valence-corrected chi connectivity index (χ4v) is 5.05. The molecule has 34 heavy (non-hydrogen) atoms. The van der Waals surface area contributed by atoms with Crippen LogP contribution in [0.3, 0.4) is 0 Å². The maximum Gasteiger partial charge on any atom is 0.210 e. The van der Waals surface area contributed by atoms with E-state index in [1.165, 1.54) is 22.0 Å². The summed E-state index contributed by atoms with van der Waals surface area (Å²) in [6.07, 6.45) is 0.746. The first-order chi connectivity index (χ1) is 16.7. The van der Waals surface area contributed by atoms with Crippen LogP contribution in [0, 0.1) is 0 Å². The number of fused-ring (bicyclic) bond motifs is 3. The summed E-state index contributed by atoms with van der Waals surface area (Å²) in [7, 11) is 0. The lowest BCUT2D eigenvalue weighted by Gasteiger charge is -2.07. The summed E-state index contributed by atoms with van der Waals surface area (Å²) in [5.41, 5.74) is 6.85. The number of Topliss-reactive ketones (excluding diaryl/α,β-unsaturated/α-hetero) is 1. The molecule has 0 unspecified atom stereocenters. The first-order valence-electron chi connectivity index (χ1n) is 10.9. The van der Waals surface area contributed by atoms with Crippen molar-refractivity contribution in [2.75, 3.05) is 11.6 Å². The van der Waals surface area contributed by atoms with Gasteiger partial charge < -0.3 is 5.84 Å². The van der Waals surface area contributed by atoms with E-state index in [4.69, 9.17) is 10.9 Å². The average molecular weight is 465 g/mol. The van der Waals surface area contributed by atoms with Crippen molar-refractivity contribution in [2.45, 2.75) is 11.6 Å². The van der Waals surface area contributed by atoms with Crippen molar-refractivity contribution >= 4 is 17.5 Å². The predicted octanol–water partition coefficient (Wildman–Crippen LogP) is 4.39. The Bertz CT molecular complexity index is 1510. The normalized spacial score (nSPS) is 11.9. The molecule has 3 aromatic carbocycles. The van der Waals surface area contributed by atoms with Crippen LogP contribution in [0.15, 0.2) is 90.1 Å². The van der Waals surface area contributed by atoms with Gasteiger partial charge in [0.1, 0.15) is 5.69 Å². The Balaban J connectivity index is 1.37. The van der Waals surface area contributed by atoms with Crippen LogP contribution < -0.4 is 5.84 Å². The summed E-state index contributed by atoms with van der Waals surface area (Å²) < 4.78 is 3.39. The van der Waals surface area contributed by atoms with Gasteiger partial charge in [0.2, 0.25) is 11.0 Å². The number of ketones is 1. The van der Waals surface area contributed by atoms with E-state index < -0.39 is 0 Å². The molecule has 0 fully saturated rings. The summed E-state index contributed by atoms with van der Waals surface area (Å²) in [5.74, 6) is 7.13. The SMILES string of the molecule is Nn1c(SCC(=O)c2ccccc2)nnc1-c1nn(-c2ccccc2)c2c1Cc1ccccc1-2. The molecule has 1 aliphatic rings. The van der Waals surface area contributed by atoms with Gasteiger partial charge in [-0.25, -0.2) is 9.36 Å². The first-order valence-corrected chi connectivity index (χ1v) is 11.9. The highest BCUT2D eigenvalue weighted by Crippen LogP contribution is 2.42. The Morgan fingerprint density at radius 2 is 1.62 bits per heavy atom. The molecule has 6 rings (SSSR count). The number of rotatable bonds is 6. The number of thioether (sulfide) groups is 1. The summed E-state index contributed by atoms with van der Waals surface area (Å²) >= 11 is 1.27. The monoisotopic (exact) mass is 464 g/mol. The average Bonchev–Trinajstić information content (AvgIpc) is 3.56. The van der Waals surface area contributed by atoms with Gasteiger partial charge >= 0.3 is 0 Å². The molecule has 0 bridgehead atoms. The fraction of sp³-hybridized carbons (Fsp3) is 0.0769.